The molecule has 0 aliphatic heterocycles. The maximum absolute atomic E-state index is 12.6. The topological polar surface area (TPSA) is 41.6 Å². The lowest BCUT2D eigenvalue weighted by Crippen LogP contribution is -2.39. The number of carbonyl (C=O) groups is 1. The summed E-state index contributed by atoms with van der Waals surface area (Å²) in [5.41, 5.74) is -0.462. The number of amides is 1. The van der Waals surface area contributed by atoms with Crippen molar-refractivity contribution in [1.82, 2.24) is 5.32 Å². The third kappa shape index (κ3) is 5.54. The van der Waals surface area contributed by atoms with Crippen LogP contribution in [0.4, 0.5) is 23.7 Å². The number of hydrogen-bond acceptors (Lipinski definition) is 3. The van der Waals surface area contributed by atoms with Crippen LogP contribution in [0.25, 0.3) is 0 Å². The third-order valence-corrected chi connectivity index (χ3v) is 4.28. The molecule has 1 aliphatic carbocycles. The van der Waals surface area contributed by atoms with Gasteiger partial charge in [-0.25, -0.2) is 4.79 Å². The minimum absolute atomic E-state index is 0.0109. The van der Waals surface area contributed by atoms with E-state index in [0.29, 0.717) is 0 Å². The molecule has 1 aromatic carbocycles. The van der Waals surface area contributed by atoms with E-state index in [1.165, 1.54) is 12.1 Å². The molecule has 1 aliphatic rings. The fourth-order valence-corrected chi connectivity index (χ4v) is 3.01. The van der Waals surface area contributed by atoms with Crippen LogP contribution >= 0.6 is 0 Å². The lowest BCUT2D eigenvalue weighted by molar-refractivity contribution is -0.137. The molecule has 4 nitrogen and oxygen atoms in total. The highest BCUT2D eigenvalue weighted by atomic mass is 19.4. The zero-order chi connectivity index (χ0) is 18.8. The van der Waals surface area contributed by atoms with Crippen LogP contribution < -0.4 is 10.2 Å². The number of carbonyl (C=O) groups excluding carboxylic acids is 1. The van der Waals surface area contributed by atoms with Gasteiger partial charge in [-0.2, -0.15) is 13.2 Å². The van der Waals surface area contributed by atoms with E-state index in [9.17, 15) is 18.0 Å². The van der Waals surface area contributed by atoms with Crippen LogP contribution in [0.2, 0.25) is 0 Å². The molecule has 0 radical (unpaired) electrons. The molecule has 2 rings (SSSR count). The van der Waals surface area contributed by atoms with Crippen molar-refractivity contribution >= 4 is 11.8 Å². The number of rotatable bonds is 3. The Hall–Kier alpha value is -1.92. The van der Waals surface area contributed by atoms with Gasteiger partial charge in [-0.1, -0.05) is 0 Å². The highest BCUT2D eigenvalue weighted by molar-refractivity contribution is 5.68. The molecule has 25 heavy (non-hydrogen) atoms. The number of alkyl carbamates (subject to hydrolysis) is 1. The third-order valence-electron chi connectivity index (χ3n) is 4.28. The normalized spacial score (nSPS) is 21.1. The van der Waals surface area contributed by atoms with E-state index < -0.39 is 23.4 Å². The maximum Gasteiger partial charge on any atom is 0.416 e. The van der Waals surface area contributed by atoms with Crippen molar-refractivity contribution in [2.75, 3.05) is 11.9 Å². The van der Waals surface area contributed by atoms with E-state index in [1.807, 2.05) is 32.7 Å². The zero-order valence-electron chi connectivity index (χ0n) is 15.0. The van der Waals surface area contributed by atoms with Gasteiger partial charge in [0.25, 0.3) is 0 Å². The van der Waals surface area contributed by atoms with Gasteiger partial charge in [0.05, 0.1) is 5.56 Å². The van der Waals surface area contributed by atoms with Crippen LogP contribution in [-0.4, -0.2) is 30.8 Å². The Morgan fingerprint density at radius 2 is 1.76 bits per heavy atom. The molecular formula is C18H25F3N2O2. The number of nitrogens with one attached hydrogen (secondary N) is 1. The van der Waals surface area contributed by atoms with Crippen molar-refractivity contribution < 1.29 is 22.7 Å². The van der Waals surface area contributed by atoms with Gasteiger partial charge in [0, 0.05) is 24.8 Å². The summed E-state index contributed by atoms with van der Waals surface area (Å²) in [7, 11) is 1.86. The fourth-order valence-electron chi connectivity index (χ4n) is 3.01. The van der Waals surface area contributed by atoms with E-state index in [0.717, 1.165) is 37.1 Å². The Morgan fingerprint density at radius 3 is 2.28 bits per heavy atom. The van der Waals surface area contributed by atoms with Gasteiger partial charge >= 0.3 is 12.3 Å². The van der Waals surface area contributed by atoms with Gasteiger partial charge in [0.2, 0.25) is 0 Å². The van der Waals surface area contributed by atoms with E-state index in [-0.39, 0.29) is 12.1 Å². The van der Waals surface area contributed by atoms with E-state index in [2.05, 4.69) is 5.32 Å². The van der Waals surface area contributed by atoms with E-state index in [1.54, 1.807) is 0 Å². The minimum Gasteiger partial charge on any atom is -0.444 e. The lowest BCUT2D eigenvalue weighted by Gasteiger charge is -2.27. The lowest BCUT2D eigenvalue weighted by atomic mass is 10.1. The molecule has 0 saturated heterocycles. The first-order chi connectivity index (χ1) is 11.5. The van der Waals surface area contributed by atoms with Crippen molar-refractivity contribution in [3.05, 3.63) is 29.8 Å². The summed E-state index contributed by atoms with van der Waals surface area (Å²) in [5.74, 6) is 0. The molecule has 2 atom stereocenters. The van der Waals surface area contributed by atoms with Crippen molar-refractivity contribution in [2.24, 2.45) is 0 Å². The summed E-state index contributed by atoms with van der Waals surface area (Å²) in [6.07, 6.45) is -2.35. The van der Waals surface area contributed by atoms with Gasteiger partial charge in [-0.3, -0.25) is 0 Å². The Kier molecular flexibility index (Phi) is 5.54. The maximum atomic E-state index is 12.6. The first-order valence-electron chi connectivity index (χ1n) is 8.35. The number of benzene rings is 1. The Morgan fingerprint density at radius 1 is 1.16 bits per heavy atom. The predicted octanol–water partition coefficient (Wildman–Crippen LogP) is 4.59. The highest BCUT2D eigenvalue weighted by Crippen LogP contribution is 2.32. The summed E-state index contributed by atoms with van der Waals surface area (Å²) >= 11 is 0. The molecule has 0 aromatic heterocycles. The second-order valence-electron chi connectivity index (χ2n) is 7.47. The van der Waals surface area contributed by atoms with Gasteiger partial charge in [0.1, 0.15) is 5.60 Å². The largest absolute Gasteiger partial charge is 0.444 e. The Bertz CT molecular complexity index is 594. The molecule has 1 saturated carbocycles. The molecule has 1 N–H and O–H groups in total. The monoisotopic (exact) mass is 358 g/mol. The second-order valence-corrected chi connectivity index (χ2v) is 7.47. The standard InChI is InChI=1S/C18H25F3N2O2/c1-17(2,3)25-16(24)22-13-7-10-15(11-13)23(4)14-8-5-12(6-9-14)18(19,20)21/h5-6,8-9,13,15H,7,10-11H2,1-4H3,(H,22,24)/t13-,15+/m1/s1. The van der Waals surface area contributed by atoms with Crippen LogP contribution in [0.3, 0.4) is 0 Å². The van der Waals surface area contributed by atoms with Gasteiger partial charge < -0.3 is 15.0 Å². The van der Waals surface area contributed by atoms with Crippen LogP contribution in [0.15, 0.2) is 24.3 Å². The van der Waals surface area contributed by atoms with Crippen LogP contribution in [-0.2, 0) is 10.9 Å². The van der Waals surface area contributed by atoms with Crippen molar-refractivity contribution in [2.45, 2.75) is 63.9 Å². The molecule has 7 heteroatoms. The second kappa shape index (κ2) is 7.14. The van der Waals surface area contributed by atoms with Gasteiger partial charge in [-0.15, -0.1) is 0 Å². The first-order valence-corrected chi connectivity index (χ1v) is 8.35. The minimum atomic E-state index is -4.33. The SMILES string of the molecule is CN(c1ccc(C(F)(F)F)cc1)[C@H]1CC[C@@H](NC(=O)OC(C)(C)C)C1. The van der Waals surface area contributed by atoms with E-state index >= 15 is 0 Å². The molecular weight excluding hydrogens is 333 g/mol. The first kappa shape index (κ1) is 19.4. The average molecular weight is 358 g/mol. The number of halogens is 3. The smallest absolute Gasteiger partial charge is 0.416 e. The number of nitrogens with zero attached hydrogens (tertiary/aromatic N) is 1. The molecule has 1 aromatic rings. The van der Waals surface area contributed by atoms with Crippen LogP contribution in [0, 0.1) is 0 Å². The van der Waals surface area contributed by atoms with E-state index in [4.69, 9.17) is 4.74 Å². The van der Waals surface area contributed by atoms with Crippen LogP contribution in [0.5, 0.6) is 0 Å². The van der Waals surface area contributed by atoms with Gasteiger partial charge in [0.15, 0.2) is 0 Å². The predicted molar refractivity (Wildman–Crippen MR) is 90.6 cm³/mol. The Labute approximate surface area is 146 Å². The molecule has 1 fully saturated rings. The summed E-state index contributed by atoms with van der Waals surface area (Å²) < 4.78 is 43.2. The van der Waals surface area contributed by atoms with Crippen molar-refractivity contribution in [3.8, 4) is 0 Å². The summed E-state index contributed by atoms with van der Waals surface area (Å²) in [6.45, 7) is 5.42. The number of alkyl halides is 3. The van der Waals surface area contributed by atoms with Crippen molar-refractivity contribution in [3.63, 3.8) is 0 Å². The van der Waals surface area contributed by atoms with Gasteiger partial charge in [-0.05, 0) is 64.3 Å². The van der Waals surface area contributed by atoms with Crippen molar-refractivity contribution in [1.29, 1.82) is 0 Å². The zero-order valence-corrected chi connectivity index (χ0v) is 15.0. The summed E-state index contributed by atoms with van der Waals surface area (Å²) in [4.78, 5) is 13.8. The number of ether oxygens (including phenoxy) is 1. The quantitative estimate of drug-likeness (QED) is 0.859. The number of anilines is 1. The van der Waals surface area contributed by atoms with Crippen LogP contribution in [0.1, 0.15) is 45.6 Å². The molecule has 0 bridgehead atoms. The fraction of sp³-hybridized carbons (Fsp3) is 0.611. The molecule has 0 spiro atoms. The molecule has 0 heterocycles. The highest BCUT2D eigenvalue weighted by Gasteiger charge is 2.32. The Balaban J connectivity index is 1.91. The molecule has 1 amide bonds. The molecule has 140 valence electrons. The number of hydrogen-bond donors (Lipinski definition) is 1. The molecule has 0 unspecified atom stereocenters. The summed E-state index contributed by atoms with van der Waals surface area (Å²) in [6, 6.07) is 5.33. The summed E-state index contributed by atoms with van der Waals surface area (Å²) in [5, 5.41) is 2.86. The average Bonchev–Trinajstić information content (AvgIpc) is 2.92.